The van der Waals surface area contributed by atoms with Gasteiger partial charge in [-0.25, -0.2) is 0 Å². The molecule has 0 saturated carbocycles. The molecule has 76 valence electrons. The van der Waals surface area contributed by atoms with Crippen LogP contribution in [0.4, 0.5) is 0 Å². The standard InChI is InChI=1S/C10H20N2O/c1-4-13-10(2,3)8-12-9-6-5-7-11-9/h4-8H2,1-3H3,(H,11,12). The van der Waals surface area contributed by atoms with E-state index in [1.807, 2.05) is 6.92 Å². The highest BCUT2D eigenvalue weighted by Gasteiger charge is 2.18. The van der Waals surface area contributed by atoms with Gasteiger partial charge in [0, 0.05) is 26.1 Å². The predicted molar refractivity (Wildman–Crippen MR) is 55.2 cm³/mol. The Hall–Kier alpha value is -0.570. The summed E-state index contributed by atoms with van der Waals surface area (Å²) in [4.78, 5) is 4.35. The fourth-order valence-electron chi connectivity index (χ4n) is 1.44. The summed E-state index contributed by atoms with van der Waals surface area (Å²) in [5.74, 6) is 1.15. The summed E-state index contributed by atoms with van der Waals surface area (Å²) in [5.41, 5.74) is -0.0835. The van der Waals surface area contributed by atoms with Crippen molar-refractivity contribution < 1.29 is 4.74 Å². The van der Waals surface area contributed by atoms with E-state index in [0.29, 0.717) is 0 Å². The van der Waals surface area contributed by atoms with E-state index in [0.717, 1.165) is 32.0 Å². The van der Waals surface area contributed by atoms with Crippen molar-refractivity contribution >= 4 is 5.84 Å². The van der Waals surface area contributed by atoms with Crippen LogP contribution < -0.4 is 5.32 Å². The fraction of sp³-hybridized carbons (Fsp3) is 0.900. The average Bonchev–Trinajstić information content (AvgIpc) is 2.52. The van der Waals surface area contributed by atoms with Gasteiger partial charge < -0.3 is 10.1 Å². The van der Waals surface area contributed by atoms with Crippen molar-refractivity contribution in [3.05, 3.63) is 0 Å². The third-order valence-electron chi connectivity index (χ3n) is 2.13. The molecule has 1 aliphatic rings. The Labute approximate surface area is 80.6 Å². The Morgan fingerprint density at radius 1 is 1.54 bits per heavy atom. The molecule has 0 amide bonds. The third-order valence-corrected chi connectivity index (χ3v) is 2.13. The lowest BCUT2D eigenvalue weighted by atomic mass is 10.1. The zero-order valence-corrected chi connectivity index (χ0v) is 8.89. The number of rotatable bonds is 4. The van der Waals surface area contributed by atoms with Gasteiger partial charge in [0.15, 0.2) is 0 Å². The molecule has 0 aliphatic carbocycles. The number of hydrogen-bond donors (Lipinski definition) is 1. The lowest BCUT2D eigenvalue weighted by molar-refractivity contribution is -0.00575. The topological polar surface area (TPSA) is 33.6 Å². The fourth-order valence-corrected chi connectivity index (χ4v) is 1.44. The quantitative estimate of drug-likeness (QED) is 0.719. The van der Waals surface area contributed by atoms with Gasteiger partial charge in [-0.2, -0.15) is 0 Å². The lowest BCUT2D eigenvalue weighted by Gasteiger charge is -2.25. The summed E-state index contributed by atoms with van der Waals surface area (Å²) in [6.07, 6.45) is 2.29. The van der Waals surface area contributed by atoms with Crippen molar-refractivity contribution in [2.75, 3.05) is 19.7 Å². The SMILES string of the molecule is CCOC(C)(C)CNC1=NCCC1. The van der Waals surface area contributed by atoms with Crippen LogP contribution in [0.2, 0.25) is 0 Å². The summed E-state index contributed by atoms with van der Waals surface area (Å²) in [5, 5.41) is 3.33. The second-order valence-electron chi connectivity index (χ2n) is 3.98. The van der Waals surface area contributed by atoms with Crippen molar-refractivity contribution in [2.24, 2.45) is 4.99 Å². The van der Waals surface area contributed by atoms with Gasteiger partial charge in [-0.05, 0) is 27.2 Å². The molecule has 0 atom stereocenters. The van der Waals surface area contributed by atoms with Gasteiger partial charge >= 0.3 is 0 Å². The first-order valence-corrected chi connectivity index (χ1v) is 5.05. The Balaban J connectivity index is 2.23. The number of hydrogen-bond acceptors (Lipinski definition) is 3. The van der Waals surface area contributed by atoms with Gasteiger partial charge in [0.25, 0.3) is 0 Å². The molecule has 1 heterocycles. The van der Waals surface area contributed by atoms with Crippen LogP contribution in [0.3, 0.4) is 0 Å². The minimum absolute atomic E-state index is 0.0835. The molecule has 0 aromatic heterocycles. The van der Waals surface area contributed by atoms with Gasteiger partial charge in [-0.3, -0.25) is 4.99 Å². The maximum atomic E-state index is 5.57. The highest BCUT2D eigenvalue weighted by molar-refractivity contribution is 5.83. The predicted octanol–water partition coefficient (Wildman–Crippen LogP) is 1.58. The van der Waals surface area contributed by atoms with Crippen LogP contribution in [0.15, 0.2) is 4.99 Å². The summed E-state index contributed by atoms with van der Waals surface area (Å²) in [6, 6.07) is 0. The van der Waals surface area contributed by atoms with Gasteiger partial charge in [0.05, 0.1) is 11.4 Å². The van der Waals surface area contributed by atoms with E-state index < -0.39 is 0 Å². The summed E-state index contributed by atoms with van der Waals surface area (Å²) >= 11 is 0. The van der Waals surface area contributed by atoms with Crippen LogP contribution in [0.5, 0.6) is 0 Å². The number of amidine groups is 1. The summed E-state index contributed by atoms with van der Waals surface area (Å²) < 4.78 is 5.57. The molecule has 0 unspecified atom stereocenters. The Kier molecular flexibility index (Phi) is 3.72. The van der Waals surface area contributed by atoms with Crippen LogP contribution in [0.25, 0.3) is 0 Å². The van der Waals surface area contributed by atoms with Crippen LogP contribution in [0, 0.1) is 0 Å². The van der Waals surface area contributed by atoms with E-state index in [1.54, 1.807) is 0 Å². The first-order chi connectivity index (χ1) is 6.14. The molecule has 1 rings (SSSR count). The summed E-state index contributed by atoms with van der Waals surface area (Å²) in [6.45, 7) is 8.81. The zero-order valence-electron chi connectivity index (χ0n) is 8.89. The molecule has 3 nitrogen and oxygen atoms in total. The van der Waals surface area contributed by atoms with Crippen LogP contribution in [-0.4, -0.2) is 31.1 Å². The van der Waals surface area contributed by atoms with Gasteiger partial charge in [-0.1, -0.05) is 0 Å². The maximum absolute atomic E-state index is 5.57. The molecule has 0 fully saturated rings. The van der Waals surface area contributed by atoms with Gasteiger partial charge in [0.1, 0.15) is 0 Å². The average molecular weight is 184 g/mol. The Morgan fingerprint density at radius 2 is 2.31 bits per heavy atom. The van der Waals surface area contributed by atoms with Gasteiger partial charge in [-0.15, -0.1) is 0 Å². The number of nitrogens with zero attached hydrogens (tertiary/aromatic N) is 1. The van der Waals surface area contributed by atoms with E-state index in [2.05, 4.69) is 24.2 Å². The largest absolute Gasteiger partial charge is 0.374 e. The molecule has 0 radical (unpaired) electrons. The molecule has 0 bridgehead atoms. The molecule has 1 aliphatic heterocycles. The van der Waals surface area contributed by atoms with Crippen molar-refractivity contribution in [2.45, 2.75) is 39.2 Å². The van der Waals surface area contributed by atoms with Crippen molar-refractivity contribution in [1.82, 2.24) is 5.32 Å². The smallest absolute Gasteiger partial charge is 0.0964 e. The molecule has 0 spiro atoms. The van der Waals surface area contributed by atoms with Crippen molar-refractivity contribution in [1.29, 1.82) is 0 Å². The van der Waals surface area contributed by atoms with Crippen molar-refractivity contribution in [3.8, 4) is 0 Å². The second-order valence-corrected chi connectivity index (χ2v) is 3.98. The van der Waals surface area contributed by atoms with E-state index in [9.17, 15) is 0 Å². The minimum atomic E-state index is -0.0835. The number of nitrogens with one attached hydrogen (secondary N) is 1. The number of aliphatic imine (C=N–C) groups is 1. The first-order valence-electron chi connectivity index (χ1n) is 5.05. The van der Waals surface area contributed by atoms with Crippen LogP contribution >= 0.6 is 0 Å². The normalized spacial score (nSPS) is 17.3. The monoisotopic (exact) mass is 184 g/mol. The van der Waals surface area contributed by atoms with Crippen LogP contribution in [-0.2, 0) is 4.74 Å². The Bertz CT molecular complexity index is 187. The molecule has 0 aromatic carbocycles. The molecule has 0 saturated heterocycles. The van der Waals surface area contributed by atoms with E-state index in [1.165, 1.54) is 6.42 Å². The zero-order chi connectivity index (χ0) is 9.73. The van der Waals surface area contributed by atoms with E-state index >= 15 is 0 Å². The maximum Gasteiger partial charge on any atom is 0.0964 e. The highest BCUT2D eigenvalue weighted by atomic mass is 16.5. The molecule has 13 heavy (non-hydrogen) atoms. The van der Waals surface area contributed by atoms with E-state index in [-0.39, 0.29) is 5.60 Å². The molecule has 0 aromatic rings. The van der Waals surface area contributed by atoms with Crippen LogP contribution in [0.1, 0.15) is 33.6 Å². The van der Waals surface area contributed by atoms with E-state index in [4.69, 9.17) is 4.74 Å². The molecular formula is C10H20N2O. The summed E-state index contributed by atoms with van der Waals surface area (Å²) in [7, 11) is 0. The van der Waals surface area contributed by atoms with Crippen molar-refractivity contribution in [3.63, 3.8) is 0 Å². The first kappa shape index (κ1) is 10.5. The minimum Gasteiger partial charge on any atom is -0.374 e. The highest BCUT2D eigenvalue weighted by Crippen LogP contribution is 2.08. The lowest BCUT2D eigenvalue weighted by Crippen LogP contribution is -2.40. The second kappa shape index (κ2) is 4.61. The molecular weight excluding hydrogens is 164 g/mol. The molecule has 1 N–H and O–H groups in total. The number of ether oxygens (including phenoxy) is 1. The third kappa shape index (κ3) is 3.77. The Morgan fingerprint density at radius 3 is 2.85 bits per heavy atom. The van der Waals surface area contributed by atoms with Gasteiger partial charge in [0.2, 0.25) is 0 Å². The molecule has 3 heteroatoms.